The van der Waals surface area contributed by atoms with Gasteiger partial charge in [-0.15, -0.1) is 0 Å². The smallest absolute Gasteiger partial charge is 0.225 e. The third kappa shape index (κ3) is 5.03. The second-order valence-electron chi connectivity index (χ2n) is 5.96. The molecule has 1 aromatic rings. The summed E-state index contributed by atoms with van der Waals surface area (Å²) in [6, 6.07) is 5.60. The van der Waals surface area contributed by atoms with Crippen LogP contribution < -0.4 is 10.2 Å². The van der Waals surface area contributed by atoms with Crippen molar-refractivity contribution in [2.24, 2.45) is 10.9 Å². The Morgan fingerprint density at radius 1 is 1.36 bits per heavy atom. The van der Waals surface area contributed by atoms with E-state index >= 15 is 0 Å². The molecule has 134 valence electrons. The van der Waals surface area contributed by atoms with Gasteiger partial charge in [-0.1, -0.05) is 37.2 Å². The molecule has 0 atom stereocenters. The summed E-state index contributed by atoms with van der Waals surface area (Å²) in [6.45, 7) is 6.77. The lowest BCUT2D eigenvalue weighted by molar-refractivity contribution is -0.134. The number of amides is 1. The molecule has 1 saturated heterocycles. The molecular weight excluding hydrogens is 358 g/mol. The van der Waals surface area contributed by atoms with Gasteiger partial charge in [-0.05, 0) is 24.5 Å². The molecule has 0 aromatic heterocycles. The first kappa shape index (κ1) is 19.4. The standard InChI is InChI=1S/C17H22ClN5OS/c1-12(2)16(24)23-8-6-22(7-9-23)15-5-4-13(10-14(15)18)21-17(25-3)20-11-19/h4-5,10,12H,6-9H2,1-3H3,(H,20,21). The lowest BCUT2D eigenvalue weighted by atomic mass is 10.1. The Balaban J connectivity index is 2.07. The van der Waals surface area contributed by atoms with Crippen molar-refractivity contribution in [3.63, 3.8) is 0 Å². The first-order valence-corrected chi connectivity index (χ1v) is 9.67. The molecule has 1 heterocycles. The van der Waals surface area contributed by atoms with Gasteiger partial charge >= 0.3 is 0 Å². The number of carbonyl (C=O) groups is 1. The molecule has 25 heavy (non-hydrogen) atoms. The minimum Gasteiger partial charge on any atom is -0.367 e. The van der Waals surface area contributed by atoms with E-state index in [0.717, 1.165) is 18.8 Å². The van der Waals surface area contributed by atoms with E-state index in [1.54, 1.807) is 6.07 Å². The Bertz CT molecular complexity index is 693. The van der Waals surface area contributed by atoms with E-state index in [1.807, 2.05) is 43.3 Å². The minimum absolute atomic E-state index is 0.0277. The SMILES string of the molecule is CSC(=Nc1ccc(N2CCN(C(=O)C(C)C)CC2)c(Cl)c1)NC#N. The second kappa shape index (κ2) is 8.97. The fourth-order valence-electron chi connectivity index (χ4n) is 2.64. The van der Waals surface area contributed by atoms with Crippen molar-refractivity contribution in [2.45, 2.75) is 13.8 Å². The molecular formula is C17H22ClN5OS. The maximum Gasteiger partial charge on any atom is 0.225 e. The molecule has 2 rings (SSSR count). The average Bonchev–Trinajstić information content (AvgIpc) is 2.61. The molecule has 1 fully saturated rings. The summed E-state index contributed by atoms with van der Waals surface area (Å²) in [5.74, 6) is 0.227. The highest BCUT2D eigenvalue weighted by Crippen LogP contribution is 2.31. The number of hydrogen-bond acceptors (Lipinski definition) is 5. The molecule has 8 heteroatoms. The molecule has 0 aliphatic carbocycles. The molecule has 1 aromatic carbocycles. The molecule has 0 unspecified atom stereocenters. The summed E-state index contributed by atoms with van der Waals surface area (Å²) < 4.78 is 0. The third-order valence-electron chi connectivity index (χ3n) is 3.94. The van der Waals surface area contributed by atoms with Gasteiger partial charge in [0.15, 0.2) is 11.4 Å². The third-order valence-corrected chi connectivity index (χ3v) is 4.83. The molecule has 0 radical (unpaired) electrons. The number of nitriles is 1. The van der Waals surface area contributed by atoms with E-state index in [1.165, 1.54) is 11.8 Å². The zero-order valence-electron chi connectivity index (χ0n) is 14.6. The topological polar surface area (TPSA) is 71.7 Å². The van der Waals surface area contributed by atoms with Gasteiger partial charge in [-0.25, -0.2) is 4.99 Å². The molecule has 0 saturated carbocycles. The predicted octanol–water partition coefficient (Wildman–Crippen LogP) is 3.07. The van der Waals surface area contributed by atoms with Gasteiger partial charge in [0.1, 0.15) is 0 Å². The maximum absolute atomic E-state index is 12.1. The van der Waals surface area contributed by atoms with E-state index in [9.17, 15) is 4.79 Å². The van der Waals surface area contributed by atoms with Crippen molar-refractivity contribution >= 4 is 45.8 Å². The van der Waals surface area contributed by atoms with Crippen LogP contribution in [0.4, 0.5) is 11.4 Å². The molecule has 1 aliphatic rings. The lowest BCUT2D eigenvalue weighted by Crippen LogP contribution is -2.50. The van der Waals surface area contributed by atoms with Crippen LogP contribution in [-0.2, 0) is 4.79 Å². The quantitative estimate of drug-likeness (QED) is 0.378. The first-order chi connectivity index (χ1) is 12.0. The number of hydrogen-bond donors (Lipinski definition) is 1. The highest BCUT2D eigenvalue weighted by molar-refractivity contribution is 8.13. The van der Waals surface area contributed by atoms with Crippen LogP contribution in [0.1, 0.15) is 13.8 Å². The van der Waals surface area contributed by atoms with Crippen molar-refractivity contribution in [3.05, 3.63) is 23.2 Å². The lowest BCUT2D eigenvalue weighted by Gasteiger charge is -2.37. The van der Waals surface area contributed by atoms with E-state index in [2.05, 4.69) is 15.2 Å². The first-order valence-electron chi connectivity index (χ1n) is 8.07. The Hall–Kier alpha value is -1.91. The highest BCUT2D eigenvalue weighted by atomic mass is 35.5. The van der Waals surface area contributed by atoms with Crippen LogP contribution in [0.3, 0.4) is 0 Å². The molecule has 0 spiro atoms. The minimum atomic E-state index is 0.0277. The van der Waals surface area contributed by atoms with Crippen LogP contribution in [0.15, 0.2) is 23.2 Å². The number of halogens is 1. The van der Waals surface area contributed by atoms with E-state index in [0.29, 0.717) is 29.0 Å². The number of aliphatic imine (C=N–C) groups is 1. The summed E-state index contributed by atoms with van der Waals surface area (Å²) in [4.78, 5) is 20.5. The fourth-order valence-corrected chi connectivity index (χ4v) is 3.28. The Labute approximate surface area is 157 Å². The van der Waals surface area contributed by atoms with Gasteiger partial charge < -0.3 is 9.80 Å². The summed E-state index contributed by atoms with van der Waals surface area (Å²) in [7, 11) is 0. The van der Waals surface area contributed by atoms with Crippen molar-refractivity contribution in [2.75, 3.05) is 37.3 Å². The largest absolute Gasteiger partial charge is 0.367 e. The summed E-state index contributed by atoms with van der Waals surface area (Å²) in [5, 5.41) is 12.4. The van der Waals surface area contributed by atoms with Crippen molar-refractivity contribution < 1.29 is 4.79 Å². The monoisotopic (exact) mass is 379 g/mol. The van der Waals surface area contributed by atoms with Gasteiger partial charge in [0.25, 0.3) is 0 Å². The number of amidine groups is 1. The van der Waals surface area contributed by atoms with Crippen LogP contribution in [0.2, 0.25) is 5.02 Å². The molecule has 6 nitrogen and oxygen atoms in total. The van der Waals surface area contributed by atoms with Crippen LogP contribution in [0.5, 0.6) is 0 Å². The number of thioether (sulfide) groups is 1. The molecule has 1 aliphatic heterocycles. The Morgan fingerprint density at radius 3 is 2.56 bits per heavy atom. The predicted molar refractivity (Wildman–Crippen MR) is 104 cm³/mol. The number of piperazine rings is 1. The van der Waals surface area contributed by atoms with E-state index in [4.69, 9.17) is 16.9 Å². The number of nitrogens with one attached hydrogen (secondary N) is 1. The van der Waals surface area contributed by atoms with Gasteiger partial charge in [0, 0.05) is 32.1 Å². The number of carbonyl (C=O) groups excluding carboxylic acids is 1. The normalized spacial score (nSPS) is 15.3. The number of benzene rings is 1. The van der Waals surface area contributed by atoms with Crippen molar-refractivity contribution in [1.82, 2.24) is 10.2 Å². The van der Waals surface area contributed by atoms with Gasteiger partial charge in [0.05, 0.1) is 16.4 Å². The number of nitrogens with zero attached hydrogens (tertiary/aromatic N) is 4. The van der Waals surface area contributed by atoms with E-state index in [-0.39, 0.29) is 11.8 Å². The highest BCUT2D eigenvalue weighted by Gasteiger charge is 2.23. The van der Waals surface area contributed by atoms with Gasteiger partial charge in [0.2, 0.25) is 5.91 Å². The van der Waals surface area contributed by atoms with Crippen molar-refractivity contribution in [1.29, 1.82) is 5.26 Å². The van der Waals surface area contributed by atoms with Crippen LogP contribution in [-0.4, -0.2) is 48.4 Å². The maximum atomic E-state index is 12.1. The fraction of sp³-hybridized carbons (Fsp3) is 0.471. The number of rotatable bonds is 3. The Kier molecular flexibility index (Phi) is 6.97. The van der Waals surface area contributed by atoms with Gasteiger partial charge in [-0.2, -0.15) is 5.26 Å². The summed E-state index contributed by atoms with van der Waals surface area (Å²) >= 11 is 7.79. The zero-order chi connectivity index (χ0) is 18.4. The van der Waals surface area contributed by atoms with Crippen LogP contribution in [0, 0.1) is 17.4 Å². The van der Waals surface area contributed by atoms with Crippen LogP contribution in [0.25, 0.3) is 0 Å². The second-order valence-corrected chi connectivity index (χ2v) is 7.16. The zero-order valence-corrected chi connectivity index (χ0v) is 16.2. The van der Waals surface area contributed by atoms with Gasteiger partial charge in [-0.3, -0.25) is 10.1 Å². The van der Waals surface area contributed by atoms with E-state index < -0.39 is 0 Å². The van der Waals surface area contributed by atoms with Crippen molar-refractivity contribution in [3.8, 4) is 6.19 Å². The molecule has 0 bridgehead atoms. The van der Waals surface area contributed by atoms with Crippen LogP contribution >= 0.6 is 23.4 Å². The molecule has 1 N–H and O–H groups in total. The Morgan fingerprint density at radius 2 is 2.04 bits per heavy atom. The summed E-state index contributed by atoms with van der Waals surface area (Å²) in [5.41, 5.74) is 1.63. The number of anilines is 1. The molecule has 1 amide bonds. The summed E-state index contributed by atoms with van der Waals surface area (Å²) in [6.07, 6.45) is 3.71. The average molecular weight is 380 g/mol.